The maximum absolute atomic E-state index is 4.38. The van der Waals surface area contributed by atoms with Crippen LogP contribution < -0.4 is 0 Å². The lowest BCUT2D eigenvalue weighted by Gasteiger charge is -2.02. The first-order valence-corrected chi connectivity index (χ1v) is 4.78. The maximum atomic E-state index is 4.38. The van der Waals surface area contributed by atoms with Gasteiger partial charge in [0.05, 0.1) is 18.6 Å². The second-order valence-electron chi connectivity index (χ2n) is 3.25. The molecule has 0 unspecified atom stereocenters. The van der Waals surface area contributed by atoms with Crippen molar-refractivity contribution in [2.75, 3.05) is 0 Å². The van der Waals surface area contributed by atoms with Crippen LogP contribution in [0.5, 0.6) is 0 Å². The molecule has 3 heteroatoms. The first kappa shape index (κ1) is 8.94. The highest BCUT2D eigenvalue weighted by atomic mass is 15.0. The molecule has 0 saturated heterocycles. The largest absolute Gasteiger partial charge is 0.331 e. The van der Waals surface area contributed by atoms with Crippen LogP contribution in [0.2, 0.25) is 0 Å². The molecule has 0 radical (unpaired) electrons. The van der Waals surface area contributed by atoms with Gasteiger partial charge in [-0.25, -0.2) is 4.98 Å². The molecule has 2 heterocycles. The van der Waals surface area contributed by atoms with Crippen LogP contribution >= 0.6 is 0 Å². The zero-order chi connectivity index (χ0) is 9.80. The molecule has 14 heavy (non-hydrogen) atoms. The van der Waals surface area contributed by atoms with Crippen LogP contribution in [0, 0.1) is 0 Å². The Morgan fingerprint density at radius 1 is 1.36 bits per heavy atom. The fourth-order valence-electron chi connectivity index (χ4n) is 1.33. The van der Waals surface area contributed by atoms with Crippen molar-refractivity contribution < 1.29 is 0 Å². The summed E-state index contributed by atoms with van der Waals surface area (Å²) >= 11 is 0. The van der Waals surface area contributed by atoms with Crippen LogP contribution in [0.3, 0.4) is 0 Å². The minimum Gasteiger partial charge on any atom is -0.331 e. The predicted octanol–water partition coefficient (Wildman–Crippen LogP) is 1.89. The molecular weight excluding hydrogens is 174 g/mol. The van der Waals surface area contributed by atoms with Crippen molar-refractivity contribution in [3.63, 3.8) is 0 Å². The zero-order valence-electron chi connectivity index (χ0n) is 8.22. The third-order valence-corrected chi connectivity index (χ3v) is 2.20. The fraction of sp³-hybridized carbons (Fsp3) is 0.273. The van der Waals surface area contributed by atoms with Gasteiger partial charge in [0.15, 0.2) is 0 Å². The van der Waals surface area contributed by atoms with Gasteiger partial charge in [0.25, 0.3) is 0 Å². The zero-order valence-corrected chi connectivity index (χ0v) is 8.22. The summed E-state index contributed by atoms with van der Waals surface area (Å²) in [6.07, 6.45) is 8.50. The number of aryl methyl sites for hydroxylation is 1. The average Bonchev–Trinajstić information content (AvgIpc) is 2.72. The van der Waals surface area contributed by atoms with E-state index in [1.54, 1.807) is 12.5 Å². The van der Waals surface area contributed by atoms with Crippen molar-refractivity contribution in [2.24, 2.45) is 0 Å². The van der Waals surface area contributed by atoms with Gasteiger partial charge in [0.1, 0.15) is 0 Å². The van der Waals surface area contributed by atoms with Crippen molar-refractivity contribution in [3.05, 3.63) is 48.3 Å². The van der Waals surface area contributed by atoms with E-state index in [1.165, 1.54) is 5.56 Å². The van der Waals surface area contributed by atoms with Crippen molar-refractivity contribution in [1.82, 2.24) is 14.5 Å². The van der Waals surface area contributed by atoms with Gasteiger partial charge in [-0.3, -0.25) is 4.98 Å². The van der Waals surface area contributed by atoms with Crippen molar-refractivity contribution >= 4 is 0 Å². The van der Waals surface area contributed by atoms with Crippen LogP contribution in [0.25, 0.3) is 0 Å². The molecule has 0 atom stereocenters. The molecule has 0 amide bonds. The van der Waals surface area contributed by atoms with E-state index in [9.17, 15) is 0 Å². The molecule has 0 aliphatic carbocycles. The molecule has 0 aromatic carbocycles. The summed E-state index contributed by atoms with van der Waals surface area (Å²) in [6, 6.07) is 4.19. The van der Waals surface area contributed by atoms with E-state index < -0.39 is 0 Å². The highest BCUT2D eigenvalue weighted by Crippen LogP contribution is 2.02. The molecule has 0 spiro atoms. The Morgan fingerprint density at radius 2 is 2.29 bits per heavy atom. The lowest BCUT2D eigenvalue weighted by molar-refractivity contribution is 0.771. The quantitative estimate of drug-likeness (QED) is 0.734. The topological polar surface area (TPSA) is 30.7 Å². The molecule has 0 aliphatic heterocycles. The summed E-state index contributed by atoms with van der Waals surface area (Å²) in [6.45, 7) is 2.93. The molecule has 2 rings (SSSR count). The van der Waals surface area contributed by atoms with Gasteiger partial charge in [0.2, 0.25) is 0 Å². The predicted molar refractivity (Wildman–Crippen MR) is 54.9 cm³/mol. The molecule has 0 aliphatic rings. The van der Waals surface area contributed by atoms with Crippen molar-refractivity contribution in [1.29, 1.82) is 0 Å². The van der Waals surface area contributed by atoms with Crippen LogP contribution in [0.15, 0.2) is 37.1 Å². The molecule has 0 saturated carbocycles. The lowest BCUT2D eigenvalue weighted by Crippen LogP contribution is -1.99. The Morgan fingerprint density at radius 3 is 2.86 bits per heavy atom. The van der Waals surface area contributed by atoms with E-state index in [0.717, 1.165) is 18.7 Å². The molecule has 3 nitrogen and oxygen atoms in total. The third kappa shape index (κ3) is 1.99. The first-order chi connectivity index (χ1) is 6.88. The summed E-state index contributed by atoms with van der Waals surface area (Å²) in [5.74, 6) is 0. The van der Waals surface area contributed by atoms with Gasteiger partial charge >= 0.3 is 0 Å². The van der Waals surface area contributed by atoms with Crippen molar-refractivity contribution in [2.45, 2.75) is 19.9 Å². The van der Waals surface area contributed by atoms with E-state index in [2.05, 4.69) is 29.0 Å². The summed E-state index contributed by atoms with van der Waals surface area (Å²) in [5, 5.41) is 0. The number of hydrogen-bond acceptors (Lipinski definition) is 2. The van der Waals surface area contributed by atoms with E-state index in [0.29, 0.717) is 0 Å². The molecular formula is C11H13N3. The Kier molecular flexibility index (Phi) is 2.58. The Hall–Kier alpha value is -1.64. The highest BCUT2D eigenvalue weighted by molar-refractivity contribution is 5.14. The molecule has 2 aromatic heterocycles. The number of pyridine rings is 1. The molecule has 0 bridgehead atoms. The maximum Gasteiger partial charge on any atom is 0.0949 e. The van der Waals surface area contributed by atoms with Gasteiger partial charge in [-0.1, -0.05) is 13.0 Å². The molecule has 72 valence electrons. The SMILES string of the molecule is CCc1ccc(Cn2ccnc2)nc1. The van der Waals surface area contributed by atoms with Gasteiger partial charge in [0, 0.05) is 18.6 Å². The smallest absolute Gasteiger partial charge is 0.0949 e. The van der Waals surface area contributed by atoms with E-state index in [4.69, 9.17) is 0 Å². The second-order valence-corrected chi connectivity index (χ2v) is 3.25. The normalized spacial score (nSPS) is 10.4. The number of nitrogens with zero attached hydrogens (tertiary/aromatic N) is 3. The highest BCUT2D eigenvalue weighted by Gasteiger charge is 1.95. The Balaban J connectivity index is 2.10. The Labute approximate surface area is 83.4 Å². The number of hydrogen-bond donors (Lipinski definition) is 0. The fourth-order valence-corrected chi connectivity index (χ4v) is 1.33. The van der Waals surface area contributed by atoms with Gasteiger partial charge in [-0.15, -0.1) is 0 Å². The van der Waals surface area contributed by atoms with Gasteiger partial charge < -0.3 is 4.57 Å². The van der Waals surface area contributed by atoms with Crippen LogP contribution in [-0.4, -0.2) is 14.5 Å². The standard InChI is InChI=1S/C11H13N3/c1-2-10-3-4-11(13-7-10)8-14-6-5-12-9-14/h3-7,9H,2,8H2,1H3. The van der Waals surface area contributed by atoms with Crippen LogP contribution in [0.4, 0.5) is 0 Å². The summed E-state index contributed by atoms with van der Waals surface area (Å²) in [7, 11) is 0. The molecule has 2 aromatic rings. The third-order valence-electron chi connectivity index (χ3n) is 2.20. The second kappa shape index (κ2) is 4.05. The minimum atomic E-state index is 0.796. The number of aromatic nitrogens is 3. The van der Waals surface area contributed by atoms with E-state index in [1.807, 2.05) is 17.0 Å². The summed E-state index contributed by atoms with van der Waals surface area (Å²) in [4.78, 5) is 8.36. The molecule has 0 fully saturated rings. The first-order valence-electron chi connectivity index (χ1n) is 4.78. The number of imidazole rings is 1. The number of rotatable bonds is 3. The van der Waals surface area contributed by atoms with Gasteiger partial charge in [-0.05, 0) is 18.1 Å². The van der Waals surface area contributed by atoms with Gasteiger partial charge in [-0.2, -0.15) is 0 Å². The van der Waals surface area contributed by atoms with E-state index in [-0.39, 0.29) is 0 Å². The van der Waals surface area contributed by atoms with E-state index >= 15 is 0 Å². The minimum absolute atomic E-state index is 0.796. The monoisotopic (exact) mass is 187 g/mol. The van der Waals surface area contributed by atoms with Crippen LogP contribution in [-0.2, 0) is 13.0 Å². The molecule has 0 N–H and O–H groups in total. The Bertz CT molecular complexity index is 375. The van der Waals surface area contributed by atoms with Crippen LogP contribution in [0.1, 0.15) is 18.2 Å². The summed E-state index contributed by atoms with van der Waals surface area (Å²) in [5.41, 5.74) is 2.35. The summed E-state index contributed by atoms with van der Waals surface area (Å²) < 4.78 is 2.01. The van der Waals surface area contributed by atoms with Crippen molar-refractivity contribution in [3.8, 4) is 0 Å². The lowest BCUT2D eigenvalue weighted by atomic mass is 10.2. The average molecular weight is 187 g/mol.